The first kappa shape index (κ1) is 17.2. The molecule has 0 saturated carbocycles. The second-order valence-electron chi connectivity index (χ2n) is 5.89. The number of hydrogen-bond acceptors (Lipinski definition) is 4. The zero-order valence-corrected chi connectivity index (χ0v) is 13.3. The smallest absolute Gasteiger partial charge is 0.357 e. The van der Waals surface area contributed by atoms with Crippen molar-refractivity contribution >= 4 is 11.7 Å². The molecule has 1 fully saturated rings. The molecule has 1 aliphatic rings. The summed E-state index contributed by atoms with van der Waals surface area (Å²) in [6.07, 6.45) is -3.12. The fraction of sp³-hybridized carbons (Fsp3) is 0.353. The van der Waals surface area contributed by atoms with Crippen molar-refractivity contribution in [3.05, 3.63) is 53.7 Å². The minimum atomic E-state index is -4.53. The van der Waals surface area contributed by atoms with E-state index in [4.69, 9.17) is 0 Å². The Hall–Kier alpha value is -2.64. The van der Waals surface area contributed by atoms with Gasteiger partial charge in [-0.3, -0.25) is 4.79 Å². The highest BCUT2D eigenvalue weighted by atomic mass is 19.4. The third-order valence-electron chi connectivity index (χ3n) is 4.02. The van der Waals surface area contributed by atoms with E-state index in [2.05, 4.69) is 15.5 Å². The van der Waals surface area contributed by atoms with E-state index in [9.17, 15) is 18.0 Å². The summed E-state index contributed by atoms with van der Waals surface area (Å²) < 4.78 is 37.5. The molecule has 132 valence electrons. The summed E-state index contributed by atoms with van der Waals surface area (Å²) in [6.45, 7) is 1.17. The Kier molecular flexibility index (Phi) is 4.87. The number of carbonyl (C=O) groups excluding carboxylic acids is 1. The lowest BCUT2D eigenvalue weighted by molar-refractivity contribution is -0.141. The molecule has 1 amide bonds. The van der Waals surface area contributed by atoms with Crippen molar-refractivity contribution in [3.63, 3.8) is 0 Å². The van der Waals surface area contributed by atoms with E-state index in [1.165, 1.54) is 6.07 Å². The van der Waals surface area contributed by atoms with E-state index in [0.29, 0.717) is 19.5 Å². The molecule has 0 spiro atoms. The molecule has 1 aliphatic heterocycles. The van der Waals surface area contributed by atoms with E-state index < -0.39 is 17.9 Å². The fourth-order valence-electron chi connectivity index (χ4n) is 2.77. The van der Waals surface area contributed by atoms with Crippen LogP contribution in [0.25, 0.3) is 0 Å². The monoisotopic (exact) mass is 350 g/mol. The maximum absolute atomic E-state index is 12.6. The van der Waals surface area contributed by atoms with Crippen LogP contribution in [0.4, 0.5) is 19.0 Å². The van der Waals surface area contributed by atoms with Crippen molar-refractivity contribution in [2.75, 3.05) is 11.9 Å². The maximum Gasteiger partial charge on any atom is 0.435 e. The van der Waals surface area contributed by atoms with Gasteiger partial charge in [0.25, 0.3) is 0 Å². The molecular formula is C17H17F3N4O. The Morgan fingerprint density at radius 2 is 1.88 bits per heavy atom. The van der Waals surface area contributed by atoms with Gasteiger partial charge in [-0.05, 0) is 30.5 Å². The summed E-state index contributed by atoms with van der Waals surface area (Å²) in [4.78, 5) is 14.3. The van der Waals surface area contributed by atoms with Crippen molar-refractivity contribution < 1.29 is 18.0 Å². The summed E-state index contributed by atoms with van der Waals surface area (Å²) in [5.74, 6) is 0.0738. The van der Waals surface area contributed by atoms with Crippen molar-refractivity contribution in [2.45, 2.75) is 31.6 Å². The third-order valence-corrected chi connectivity index (χ3v) is 4.02. The number of nitrogens with zero attached hydrogens (tertiary/aromatic N) is 3. The number of aromatic nitrogens is 2. The number of hydrogen-bond donors (Lipinski definition) is 1. The average Bonchev–Trinajstić information content (AvgIpc) is 2.59. The van der Waals surface area contributed by atoms with Gasteiger partial charge in [0.05, 0.1) is 0 Å². The van der Waals surface area contributed by atoms with Gasteiger partial charge in [-0.25, -0.2) is 0 Å². The second-order valence-corrected chi connectivity index (χ2v) is 5.89. The zero-order valence-electron chi connectivity index (χ0n) is 13.3. The highest BCUT2D eigenvalue weighted by Gasteiger charge is 2.33. The molecule has 25 heavy (non-hydrogen) atoms. The predicted octanol–water partition coefficient (Wildman–Crippen LogP) is 3.10. The second kappa shape index (κ2) is 7.08. The van der Waals surface area contributed by atoms with Gasteiger partial charge < -0.3 is 10.2 Å². The Bertz CT molecular complexity index is 719. The quantitative estimate of drug-likeness (QED) is 0.921. The molecule has 8 heteroatoms. The summed E-state index contributed by atoms with van der Waals surface area (Å²) >= 11 is 0. The molecule has 1 unspecified atom stereocenters. The number of carbonyl (C=O) groups is 1. The number of halogens is 3. The molecule has 2 aromatic rings. The van der Waals surface area contributed by atoms with E-state index in [1.54, 1.807) is 4.90 Å². The molecule has 1 N–H and O–H groups in total. The van der Waals surface area contributed by atoms with Gasteiger partial charge in [0.15, 0.2) is 5.69 Å². The van der Waals surface area contributed by atoms with Gasteiger partial charge in [-0.15, -0.1) is 10.2 Å². The summed E-state index contributed by atoms with van der Waals surface area (Å²) in [6, 6.07) is 11.2. The molecule has 0 radical (unpaired) electrons. The van der Waals surface area contributed by atoms with Gasteiger partial charge in [-0.1, -0.05) is 30.3 Å². The van der Waals surface area contributed by atoms with Gasteiger partial charge in [0, 0.05) is 13.1 Å². The van der Waals surface area contributed by atoms with Crippen LogP contribution in [-0.2, 0) is 17.5 Å². The first-order valence-electron chi connectivity index (χ1n) is 7.93. The summed E-state index contributed by atoms with van der Waals surface area (Å²) in [5.41, 5.74) is -0.0236. The molecule has 1 atom stereocenters. The number of likely N-dealkylation sites (tertiary alicyclic amines) is 1. The lowest BCUT2D eigenvalue weighted by Gasteiger charge is -2.32. The number of anilines is 1. The SMILES string of the molecule is O=C1C(Nc2ccc(C(F)(F)F)nn2)CCCN1Cc1ccccc1. The Balaban J connectivity index is 1.65. The van der Waals surface area contributed by atoms with Gasteiger partial charge in [0.2, 0.25) is 5.91 Å². The topological polar surface area (TPSA) is 58.1 Å². The van der Waals surface area contributed by atoms with Crippen molar-refractivity contribution in [1.29, 1.82) is 0 Å². The average molecular weight is 350 g/mol. The first-order valence-corrected chi connectivity index (χ1v) is 7.93. The van der Waals surface area contributed by atoms with Crippen molar-refractivity contribution in [1.82, 2.24) is 15.1 Å². The number of nitrogens with one attached hydrogen (secondary N) is 1. The van der Waals surface area contributed by atoms with Gasteiger partial charge in [0.1, 0.15) is 11.9 Å². The molecule has 1 saturated heterocycles. The van der Waals surface area contributed by atoms with Crippen LogP contribution in [-0.4, -0.2) is 33.6 Å². The zero-order chi connectivity index (χ0) is 17.9. The number of piperidine rings is 1. The van der Waals surface area contributed by atoms with Crippen LogP contribution >= 0.6 is 0 Å². The number of rotatable bonds is 4. The van der Waals surface area contributed by atoms with Crippen LogP contribution in [0.3, 0.4) is 0 Å². The molecule has 1 aromatic heterocycles. The Morgan fingerprint density at radius 1 is 1.12 bits per heavy atom. The number of amides is 1. The van der Waals surface area contributed by atoms with Gasteiger partial charge >= 0.3 is 6.18 Å². The third kappa shape index (κ3) is 4.26. The molecule has 2 heterocycles. The Labute approximate surface area is 142 Å². The van der Waals surface area contributed by atoms with Crippen LogP contribution in [0.2, 0.25) is 0 Å². The minimum Gasteiger partial charge on any atom is -0.357 e. The van der Waals surface area contributed by atoms with Crippen LogP contribution in [0.1, 0.15) is 24.1 Å². The molecule has 3 rings (SSSR count). The maximum atomic E-state index is 12.6. The van der Waals surface area contributed by atoms with Crippen LogP contribution in [0, 0.1) is 0 Å². The standard InChI is InChI=1S/C17H17F3N4O/c18-17(19,20)14-8-9-15(23-22-14)21-13-7-4-10-24(16(13)25)11-12-5-2-1-3-6-12/h1-3,5-6,8-9,13H,4,7,10-11H2,(H,21,23). The molecular weight excluding hydrogens is 333 g/mol. The fourth-order valence-corrected chi connectivity index (χ4v) is 2.77. The molecule has 0 aliphatic carbocycles. The molecule has 1 aromatic carbocycles. The van der Waals surface area contributed by atoms with Crippen LogP contribution in [0.5, 0.6) is 0 Å². The highest BCUT2D eigenvalue weighted by molar-refractivity contribution is 5.85. The number of alkyl halides is 3. The van der Waals surface area contributed by atoms with E-state index in [-0.39, 0.29) is 11.7 Å². The Morgan fingerprint density at radius 3 is 2.52 bits per heavy atom. The van der Waals surface area contributed by atoms with Crippen molar-refractivity contribution in [3.8, 4) is 0 Å². The largest absolute Gasteiger partial charge is 0.435 e. The van der Waals surface area contributed by atoms with Gasteiger partial charge in [-0.2, -0.15) is 13.2 Å². The van der Waals surface area contributed by atoms with E-state index >= 15 is 0 Å². The minimum absolute atomic E-state index is 0.0863. The van der Waals surface area contributed by atoms with E-state index in [1.807, 2.05) is 30.3 Å². The lowest BCUT2D eigenvalue weighted by Crippen LogP contribution is -2.47. The predicted molar refractivity (Wildman–Crippen MR) is 85.5 cm³/mol. The normalized spacial score (nSPS) is 18.3. The van der Waals surface area contributed by atoms with Crippen LogP contribution < -0.4 is 5.32 Å². The van der Waals surface area contributed by atoms with Crippen molar-refractivity contribution in [2.24, 2.45) is 0 Å². The highest BCUT2D eigenvalue weighted by Crippen LogP contribution is 2.27. The van der Waals surface area contributed by atoms with E-state index in [0.717, 1.165) is 18.1 Å². The first-order chi connectivity index (χ1) is 11.9. The van der Waals surface area contributed by atoms with Crippen LogP contribution in [0.15, 0.2) is 42.5 Å². The summed E-state index contributed by atoms with van der Waals surface area (Å²) in [7, 11) is 0. The molecule has 5 nitrogen and oxygen atoms in total. The lowest BCUT2D eigenvalue weighted by atomic mass is 10.0. The molecule has 0 bridgehead atoms. The summed E-state index contributed by atoms with van der Waals surface area (Å²) in [5, 5.41) is 9.59. The number of benzene rings is 1.